The third kappa shape index (κ3) is 4.05. The quantitative estimate of drug-likeness (QED) is 0.775. The molecule has 0 atom stereocenters. The number of carboxylic acids is 1. The van der Waals surface area contributed by atoms with E-state index in [-0.39, 0.29) is 23.2 Å². The number of rotatable bonds is 6. The van der Waals surface area contributed by atoms with Crippen molar-refractivity contribution in [3.8, 4) is 0 Å². The molecule has 21 heavy (non-hydrogen) atoms. The lowest BCUT2D eigenvalue weighted by molar-refractivity contribution is -0.127. The minimum absolute atomic E-state index is 0.121. The van der Waals surface area contributed by atoms with Gasteiger partial charge in [0.1, 0.15) is 10.6 Å². The summed E-state index contributed by atoms with van der Waals surface area (Å²) >= 11 is 0. The summed E-state index contributed by atoms with van der Waals surface area (Å²) in [5.74, 6) is -1.62. The highest BCUT2D eigenvalue weighted by Crippen LogP contribution is 2.18. The second kappa shape index (κ2) is 6.27. The fourth-order valence-electron chi connectivity index (χ4n) is 1.60. The summed E-state index contributed by atoms with van der Waals surface area (Å²) in [4.78, 5) is 23.6. The summed E-state index contributed by atoms with van der Waals surface area (Å²) in [5, 5.41) is 9.09. The summed E-state index contributed by atoms with van der Waals surface area (Å²) < 4.78 is 27.7. The maximum atomic E-state index is 12.1. The van der Waals surface area contributed by atoms with Crippen LogP contribution in [0.25, 0.3) is 0 Å². The summed E-state index contributed by atoms with van der Waals surface area (Å²) in [7, 11) is -0.923. The molecule has 0 aliphatic heterocycles. The van der Waals surface area contributed by atoms with Crippen molar-refractivity contribution in [1.29, 1.82) is 0 Å². The SMILES string of the molecule is CC(C)n1cc(S(=O)(=O)NCC(=O)N(C)C)cc1C(=O)O. The molecule has 1 amide bonds. The number of likely N-dealkylation sites (N-methyl/N-ethyl adjacent to an activating group) is 1. The molecule has 0 radical (unpaired) electrons. The Balaban J connectivity index is 3.07. The lowest BCUT2D eigenvalue weighted by atomic mass is 10.3. The Hall–Kier alpha value is -1.87. The van der Waals surface area contributed by atoms with Gasteiger partial charge in [0.15, 0.2) is 0 Å². The zero-order chi connectivity index (χ0) is 16.4. The van der Waals surface area contributed by atoms with E-state index in [4.69, 9.17) is 5.11 Å². The van der Waals surface area contributed by atoms with E-state index in [1.807, 2.05) is 0 Å². The van der Waals surface area contributed by atoms with Gasteiger partial charge in [-0.15, -0.1) is 0 Å². The van der Waals surface area contributed by atoms with E-state index in [0.29, 0.717) is 0 Å². The molecule has 1 aromatic heterocycles. The number of carbonyl (C=O) groups excluding carboxylic acids is 1. The number of carboxylic acid groups (broad SMARTS) is 1. The van der Waals surface area contributed by atoms with Gasteiger partial charge in [-0.05, 0) is 19.9 Å². The van der Waals surface area contributed by atoms with Gasteiger partial charge in [0.25, 0.3) is 0 Å². The van der Waals surface area contributed by atoms with Gasteiger partial charge in [0, 0.05) is 26.3 Å². The zero-order valence-corrected chi connectivity index (χ0v) is 13.1. The molecule has 0 aliphatic rings. The van der Waals surface area contributed by atoms with E-state index in [1.54, 1.807) is 13.8 Å². The van der Waals surface area contributed by atoms with E-state index < -0.39 is 21.9 Å². The minimum Gasteiger partial charge on any atom is -0.477 e. The van der Waals surface area contributed by atoms with Gasteiger partial charge < -0.3 is 14.6 Å². The Kier molecular flexibility index (Phi) is 5.13. The molecule has 0 aliphatic carbocycles. The number of aromatic carboxylic acids is 1. The molecule has 1 aromatic rings. The largest absolute Gasteiger partial charge is 0.477 e. The van der Waals surface area contributed by atoms with Crippen molar-refractivity contribution in [1.82, 2.24) is 14.2 Å². The molecule has 9 heteroatoms. The van der Waals surface area contributed by atoms with Crippen molar-refractivity contribution in [3.05, 3.63) is 18.0 Å². The molecule has 8 nitrogen and oxygen atoms in total. The molecule has 0 bridgehead atoms. The van der Waals surface area contributed by atoms with Crippen molar-refractivity contribution in [2.24, 2.45) is 0 Å². The third-order valence-electron chi connectivity index (χ3n) is 2.82. The van der Waals surface area contributed by atoms with E-state index in [0.717, 1.165) is 6.07 Å². The number of nitrogens with one attached hydrogen (secondary N) is 1. The Morgan fingerprint density at radius 3 is 2.33 bits per heavy atom. The predicted octanol–water partition coefficient (Wildman–Crippen LogP) is 0.134. The lowest BCUT2D eigenvalue weighted by Gasteiger charge is -2.11. The molecular formula is C12H19N3O5S. The number of aromatic nitrogens is 1. The number of amides is 1. The van der Waals surface area contributed by atoms with Crippen LogP contribution in [0.2, 0.25) is 0 Å². The normalized spacial score (nSPS) is 11.7. The summed E-state index contributed by atoms with van der Waals surface area (Å²) in [6.45, 7) is 3.10. The Morgan fingerprint density at radius 2 is 1.95 bits per heavy atom. The van der Waals surface area contributed by atoms with Crippen molar-refractivity contribution < 1.29 is 23.1 Å². The van der Waals surface area contributed by atoms with Gasteiger partial charge in [0.05, 0.1) is 6.54 Å². The van der Waals surface area contributed by atoms with Gasteiger partial charge >= 0.3 is 5.97 Å². The maximum absolute atomic E-state index is 12.1. The maximum Gasteiger partial charge on any atom is 0.352 e. The lowest BCUT2D eigenvalue weighted by Crippen LogP contribution is -2.36. The van der Waals surface area contributed by atoms with Gasteiger partial charge in [-0.3, -0.25) is 4.79 Å². The molecule has 0 aromatic carbocycles. The monoisotopic (exact) mass is 317 g/mol. The van der Waals surface area contributed by atoms with Crippen LogP contribution in [0.15, 0.2) is 17.2 Å². The van der Waals surface area contributed by atoms with Crippen LogP contribution in [0.4, 0.5) is 0 Å². The number of hydrogen-bond donors (Lipinski definition) is 2. The topological polar surface area (TPSA) is 109 Å². The van der Waals surface area contributed by atoms with Crippen LogP contribution >= 0.6 is 0 Å². The second-order valence-corrected chi connectivity index (χ2v) is 6.75. The molecule has 0 saturated carbocycles. The highest BCUT2D eigenvalue weighted by atomic mass is 32.2. The minimum atomic E-state index is -3.94. The van der Waals surface area contributed by atoms with E-state index in [1.165, 1.54) is 29.8 Å². The van der Waals surface area contributed by atoms with E-state index in [2.05, 4.69) is 4.72 Å². The van der Waals surface area contributed by atoms with E-state index >= 15 is 0 Å². The van der Waals surface area contributed by atoms with E-state index in [9.17, 15) is 18.0 Å². The van der Waals surface area contributed by atoms with Gasteiger partial charge in [0.2, 0.25) is 15.9 Å². The second-order valence-electron chi connectivity index (χ2n) is 4.98. The van der Waals surface area contributed by atoms with Crippen LogP contribution in [0.1, 0.15) is 30.4 Å². The number of carbonyl (C=O) groups is 2. The van der Waals surface area contributed by atoms with Gasteiger partial charge in [-0.25, -0.2) is 17.9 Å². The van der Waals surface area contributed by atoms with Crippen molar-refractivity contribution in [2.45, 2.75) is 24.8 Å². The fraction of sp³-hybridized carbons (Fsp3) is 0.500. The van der Waals surface area contributed by atoms with Crippen molar-refractivity contribution >= 4 is 21.9 Å². The van der Waals surface area contributed by atoms with Crippen LogP contribution in [0.3, 0.4) is 0 Å². The standard InChI is InChI=1S/C12H19N3O5S/c1-8(2)15-7-9(5-10(15)12(17)18)21(19,20)13-6-11(16)14(3)4/h5,7-8,13H,6H2,1-4H3,(H,17,18). The third-order valence-corrected chi connectivity index (χ3v) is 4.19. The van der Waals surface area contributed by atoms with Gasteiger partial charge in [-0.2, -0.15) is 0 Å². The van der Waals surface area contributed by atoms with Gasteiger partial charge in [-0.1, -0.05) is 0 Å². The van der Waals surface area contributed by atoms with Crippen LogP contribution in [-0.4, -0.2) is 55.5 Å². The molecule has 0 unspecified atom stereocenters. The molecule has 1 rings (SSSR count). The highest BCUT2D eigenvalue weighted by Gasteiger charge is 2.23. The molecule has 1 heterocycles. The molecule has 0 saturated heterocycles. The highest BCUT2D eigenvalue weighted by molar-refractivity contribution is 7.89. The molecular weight excluding hydrogens is 298 g/mol. The fourth-order valence-corrected chi connectivity index (χ4v) is 2.60. The van der Waals surface area contributed by atoms with Crippen LogP contribution < -0.4 is 4.72 Å². The smallest absolute Gasteiger partial charge is 0.352 e. The Morgan fingerprint density at radius 1 is 1.38 bits per heavy atom. The first-order valence-corrected chi connectivity index (χ1v) is 7.69. The van der Waals surface area contributed by atoms with Crippen LogP contribution in [0, 0.1) is 0 Å². The summed E-state index contributed by atoms with van der Waals surface area (Å²) in [6.07, 6.45) is 1.25. The number of nitrogens with zero attached hydrogens (tertiary/aromatic N) is 2. The Labute approximate surface area is 123 Å². The molecule has 0 spiro atoms. The molecule has 118 valence electrons. The number of hydrogen-bond acceptors (Lipinski definition) is 4. The summed E-state index contributed by atoms with van der Waals surface area (Å²) in [5.41, 5.74) is -0.121. The van der Waals surface area contributed by atoms with Crippen molar-refractivity contribution in [2.75, 3.05) is 20.6 Å². The zero-order valence-electron chi connectivity index (χ0n) is 12.3. The first-order chi connectivity index (χ1) is 9.56. The number of sulfonamides is 1. The Bertz CT molecular complexity index is 646. The molecule has 0 fully saturated rings. The van der Waals surface area contributed by atoms with Crippen molar-refractivity contribution in [3.63, 3.8) is 0 Å². The molecule has 2 N–H and O–H groups in total. The van der Waals surface area contributed by atoms with Crippen LogP contribution in [0.5, 0.6) is 0 Å². The predicted molar refractivity (Wildman–Crippen MR) is 75.7 cm³/mol. The average molecular weight is 317 g/mol. The van der Waals surface area contributed by atoms with Crippen LogP contribution in [-0.2, 0) is 14.8 Å². The first kappa shape index (κ1) is 17.2. The summed E-state index contributed by atoms with van der Waals surface area (Å²) in [6, 6.07) is 0.869. The average Bonchev–Trinajstić information content (AvgIpc) is 2.81. The first-order valence-electron chi connectivity index (χ1n) is 6.21.